The van der Waals surface area contributed by atoms with Crippen molar-refractivity contribution in [1.29, 1.82) is 0 Å². The number of carboxylic acids is 1. The average molecular weight is 319 g/mol. The standard InChI is InChI=1S/C17H15ClO4/c1-11(19)15-6-5-14(9-16(15)18)22-10-13-4-2-3-12(7-13)8-17(20)21/h2-7,9H,8,10H2,1H3,(H,20,21). The maximum absolute atomic E-state index is 11.3. The van der Waals surface area contributed by atoms with Crippen molar-refractivity contribution in [2.75, 3.05) is 0 Å². The van der Waals surface area contributed by atoms with E-state index in [-0.39, 0.29) is 12.2 Å². The van der Waals surface area contributed by atoms with Crippen molar-refractivity contribution in [2.45, 2.75) is 20.0 Å². The molecular weight excluding hydrogens is 304 g/mol. The summed E-state index contributed by atoms with van der Waals surface area (Å²) in [6.07, 6.45) is -0.0209. The van der Waals surface area contributed by atoms with E-state index < -0.39 is 5.97 Å². The summed E-state index contributed by atoms with van der Waals surface area (Å²) in [4.78, 5) is 22.0. The molecule has 22 heavy (non-hydrogen) atoms. The van der Waals surface area contributed by atoms with Crippen LogP contribution < -0.4 is 4.74 Å². The van der Waals surface area contributed by atoms with Crippen LogP contribution in [0, 0.1) is 0 Å². The second-order valence-corrected chi connectivity index (χ2v) is 5.28. The highest BCUT2D eigenvalue weighted by molar-refractivity contribution is 6.34. The van der Waals surface area contributed by atoms with E-state index >= 15 is 0 Å². The van der Waals surface area contributed by atoms with E-state index in [1.165, 1.54) is 6.92 Å². The lowest BCUT2D eigenvalue weighted by Gasteiger charge is -2.09. The van der Waals surface area contributed by atoms with Crippen LogP contribution >= 0.6 is 11.6 Å². The monoisotopic (exact) mass is 318 g/mol. The molecule has 0 heterocycles. The molecule has 0 bridgehead atoms. The lowest BCUT2D eigenvalue weighted by Crippen LogP contribution is -2.02. The molecule has 0 saturated heterocycles. The fourth-order valence-electron chi connectivity index (χ4n) is 2.04. The summed E-state index contributed by atoms with van der Waals surface area (Å²) >= 11 is 6.02. The van der Waals surface area contributed by atoms with Gasteiger partial charge < -0.3 is 9.84 Å². The Labute approximate surface area is 133 Å². The lowest BCUT2D eigenvalue weighted by molar-refractivity contribution is -0.136. The van der Waals surface area contributed by atoms with E-state index in [1.54, 1.807) is 36.4 Å². The van der Waals surface area contributed by atoms with Gasteiger partial charge in [0.25, 0.3) is 0 Å². The van der Waals surface area contributed by atoms with Gasteiger partial charge in [0, 0.05) is 5.56 Å². The van der Waals surface area contributed by atoms with Crippen LogP contribution in [-0.2, 0) is 17.8 Å². The molecule has 4 nitrogen and oxygen atoms in total. The van der Waals surface area contributed by atoms with Crippen LogP contribution in [0.25, 0.3) is 0 Å². The Morgan fingerprint density at radius 1 is 1.14 bits per heavy atom. The second-order valence-electron chi connectivity index (χ2n) is 4.88. The quantitative estimate of drug-likeness (QED) is 0.824. The molecule has 0 aliphatic carbocycles. The van der Waals surface area contributed by atoms with Gasteiger partial charge in [0.15, 0.2) is 5.78 Å². The number of Topliss-reactive ketones (excluding diaryl/α,β-unsaturated/α-hetero) is 1. The minimum absolute atomic E-state index is 0.0209. The van der Waals surface area contributed by atoms with Crippen LogP contribution in [0.4, 0.5) is 0 Å². The van der Waals surface area contributed by atoms with Gasteiger partial charge in [0.05, 0.1) is 11.4 Å². The van der Waals surface area contributed by atoms with Gasteiger partial charge in [0.1, 0.15) is 12.4 Å². The first kappa shape index (κ1) is 16.0. The van der Waals surface area contributed by atoms with Crippen LogP contribution in [-0.4, -0.2) is 16.9 Å². The molecule has 0 amide bonds. The van der Waals surface area contributed by atoms with E-state index in [9.17, 15) is 9.59 Å². The van der Waals surface area contributed by atoms with Gasteiger partial charge in [-0.15, -0.1) is 0 Å². The molecule has 0 aliphatic rings. The Hall–Kier alpha value is -2.33. The summed E-state index contributed by atoms with van der Waals surface area (Å²) in [5, 5.41) is 9.15. The number of carbonyl (C=O) groups excluding carboxylic acids is 1. The fraction of sp³-hybridized carbons (Fsp3) is 0.176. The van der Waals surface area contributed by atoms with E-state index in [0.717, 1.165) is 11.1 Å². The van der Waals surface area contributed by atoms with Crippen LogP contribution in [0.1, 0.15) is 28.4 Å². The SMILES string of the molecule is CC(=O)c1ccc(OCc2cccc(CC(=O)O)c2)cc1Cl. The van der Waals surface area contributed by atoms with Gasteiger partial charge in [-0.25, -0.2) is 0 Å². The molecule has 0 atom stereocenters. The maximum Gasteiger partial charge on any atom is 0.307 e. The molecular formula is C17H15ClO4. The van der Waals surface area contributed by atoms with Crippen molar-refractivity contribution in [3.8, 4) is 5.75 Å². The van der Waals surface area contributed by atoms with Crippen molar-refractivity contribution in [3.63, 3.8) is 0 Å². The first-order valence-electron chi connectivity index (χ1n) is 6.68. The number of ether oxygens (including phenoxy) is 1. The zero-order valence-corrected chi connectivity index (χ0v) is 12.8. The smallest absolute Gasteiger partial charge is 0.307 e. The molecule has 0 aliphatic heterocycles. The third kappa shape index (κ3) is 4.33. The maximum atomic E-state index is 11.3. The lowest BCUT2D eigenvalue weighted by atomic mass is 10.1. The highest BCUT2D eigenvalue weighted by Crippen LogP contribution is 2.23. The molecule has 0 fully saturated rings. The summed E-state index contributed by atoms with van der Waals surface area (Å²) in [5.41, 5.74) is 2.04. The Kier molecular flexibility index (Phi) is 5.17. The number of halogens is 1. The predicted molar refractivity (Wildman–Crippen MR) is 83.6 cm³/mol. The first-order chi connectivity index (χ1) is 10.5. The minimum Gasteiger partial charge on any atom is -0.489 e. The average Bonchev–Trinajstić information content (AvgIpc) is 2.44. The molecule has 2 aromatic carbocycles. The third-order valence-electron chi connectivity index (χ3n) is 3.07. The molecule has 0 aromatic heterocycles. The predicted octanol–water partition coefficient (Wildman–Crippen LogP) is 3.75. The van der Waals surface area contributed by atoms with E-state index in [1.807, 2.05) is 6.07 Å². The summed E-state index contributed by atoms with van der Waals surface area (Å²) < 4.78 is 5.62. The van der Waals surface area contributed by atoms with Crippen molar-refractivity contribution in [1.82, 2.24) is 0 Å². The van der Waals surface area contributed by atoms with E-state index in [0.29, 0.717) is 22.9 Å². The van der Waals surface area contributed by atoms with Gasteiger partial charge in [0.2, 0.25) is 0 Å². The minimum atomic E-state index is -0.871. The Morgan fingerprint density at radius 2 is 1.86 bits per heavy atom. The first-order valence-corrected chi connectivity index (χ1v) is 7.06. The molecule has 2 rings (SSSR count). The van der Waals surface area contributed by atoms with Gasteiger partial charge in [-0.05, 0) is 36.2 Å². The van der Waals surface area contributed by atoms with Gasteiger partial charge in [-0.1, -0.05) is 35.9 Å². The number of hydrogen-bond acceptors (Lipinski definition) is 3. The molecule has 0 spiro atoms. The van der Waals surface area contributed by atoms with E-state index in [4.69, 9.17) is 21.4 Å². The zero-order valence-electron chi connectivity index (χ0n) is 12.0. The summed E-state index contributed by atoms with van der Waals surface area (Å²) in [7, 11) is 0. The number of aliphatic carboxylic acids is 1. The molecule has 0 saturated carbocycles. The van der Waals surface area contributed by atoms with E-state index in [2.05, 4.69) is 0 Å². The van der Waals surface area contributed by atoms with Crippen molar-refractivity contribution >= 4 is 23.4 Å². The van der Waals surface area contributed by atoms with Crippen molar-refractivity contribution in [3.05, 3.63) is 64.2 Å². The Bertz CT molecular complexity index is 710. The van der Waals surface area contributed by atoms with Crippen LogP contribution in [0.5, 0.6) is 5.75 Å². The molecule has 1 N–H and O–H groups in total. The van der Waals surface area contributed by atoms with Crippen LogP contribution in [0.2, 0.25) is 5.02 Å². The molecule has 5 heteroatoms. The molecule has 2 aromatic rings. The number of benzene rings is 2. The fourth-order valence-corrected chi connectivity index (χ4v) is 2.35. The zero-order chi connectivity index (χ0) is 16.1. The van der Waals surface area contributed by atoms with Crippen molar-refractivity contribution in [2.24, 2.45) is 0 Å². The number of rotatable bonds is 6. The normalized spacial score (nSPS) is 10.3. The highest BCUT2D eigenvalue weighted by atomic mass is 35.5. The topological polar surface area (TPSA) is 63.6 Å². The number of carbonyl (C=O) groups is 2. The Balaban J connectivity index is 2.05. The molecule has 0 radical (unpaired) electrons. The largest absolute Gasteiger partial charge is 0.489 e. The third-order valence-corrected chi connectivity index (χ3v) is 3.38. The summed E-state index contributed by atoms with van der Waals surface area (Å²) in [6, 6.07) is 12.1. The summed E-state index contributed by atoms with van der Waals surface area (Å²) in [6.45, 7) is 1.75. The number of carboxylic acid groups (broad SMARTS) is 1. The van der Waals surface area contributed by atoms with Gasteiger partial charge >= 0.3 is 5.97 Å². The van der Waals surface area contributed by atoms with Crippen LogP contribution in [0.3, 0.4) is 0 Å². The van der Waals surface area contributed by atoms with Gasteiger partial charge in [-0.2, -0.15) is 0 Å². The summed E-state index contributed by atoms with van der Waals surface area (Å²) in [5.74, 6) is -0.416. The van der Waals surface area contributed by atoms with Crippen LogP contribution in [0.15, 0.2) is 42.5 Å². The Morgan fingerprint density at radius 3 is 2.50 bits per heavy atom. The van der Waals surface area contributed by atoms with Gasteiger partial charge in [-0.3, -0.25) is 9.59 Å². The molecule has 114 valence electrons. The van der Waals surface area contributed by atoms with Crippen molar-refractivity contribution < 1.29 is 19.4 Å². The second kappa shape index (κ2) is 7.09. The highest BCUT2D eigenvalue weighted by Gasteiger charge is 2.07. The number of hydrogen-bond donors (Lipinski definition) is 1. The molecule has 0 unspecified atom stereocenters. The number of ketones is 1.